The largest absolute Gasteiger partial charge is 0.381 e. The van der Waals surface area contributed by atoms with Crippen LogP contribution in [0.25, 0.3) is 0 Å². The van der Waals surface area contributed by atoms with E-state index in [2.05, 4.69) is 46.8 Å². The molecule has 1 aromatic rings. The van der Waals surface area contributed by atoms with E-state index in [1.165, 1.54) is 31.2 Å². The second-order valence-corrected chi connectivity index (χ2v) is 6.09. The topological polar surface area (TPSA) is 45.7 Å². The van der Waals surface area contributed by atoms with Crippen molar-refractivity contribution in [3.63, 3.8) is 0 Å². The van der Waals surface area contributed by atoms with Crippen molar-refractivity contribution in [3.05, 3.63) is 35.9 Å². The zero-order chi connectivity index (χ0) is 16.2. The van der Waals surface area contributed by atoms with Gasteiger partial charge in [0.15, 0.2) is 5.96 Å². The number of aliphatic imine (C=N–C) groups is 1. The molecule has 0 heterocycles. The van der Waals surface area contributed by atoms with Crippen LogP contribution in [0.2, 0.25) is 0 Å². The second kappa shape index (κ2) is 11.1. The first kappa shape index (κ1) is 17.8. The Bertz CT molecular complexity index is 441. The van der Waals surface area contributed by atoms with Gasteiger partial charge in [-0.25, -0.2) is 0 Å². The zero-order valence-electron chi connectivity index (χ0n) is 14.4. The van der Waals surface area contributed by atoms with Gasteiger partial charge in [0, 0.05) is 25.7 Å². The van der Waals surface area contributed by atoms with E-state index in [4.69, 9.17) is 4.74 Å². The molecule has 0 atom stereocenters. The van der Waals surface area contributed by atoms with Crippen LogP contribution in [0.3, 0.4) is 0 Å². The molecular weight excluding hydrogens is 286 g/mol. The van der Waals surface area contributed by atoms with Crippen LogP contribution in [0, 0.1) is 0 Å². The monoisotopic (exact) mass is 317 g/mol. The highest BCUT2D eigenvalue weighted by Gasteiger charge is 2.15. The van der Waals surface area contributed by atoms with Crippen molar-refractivity contribution in [2.75, 3.05) is 26.3 Å². The van der Waals surface area contributed by atoms with Crippen LogP contribution in [-0.2, 0) is 11.2 Å². The number of ether oxygens (including phenoxy) is 1. The summed E-state index contributed by atoms with van der Waals surface area (Å²) in [5.41, 5.74) is 1.33. The zero-order valence-corrected chi connectivity index (χ0v) is 14.4. The van der Waals surface area contributed by atoms with Crippen LogP contribution < -0.4 is 10.6 Å². The maximum Gasteiger partial charge on any atom is 0.191 e. The van der Waals surface area contributed by atoms with Gasteiger partial charge in [0.25, 0.3) is 0 Å². The van der Waals surface area contributed by atoms with Gasteiger partial charge in [-0.15, -0.1) is 0 Å². The van der Waals surface area contributed by atoms with Crippen LogP contribution in [0.15, 0.2) is 35.3 Å². The molecule has 128 valence electrons. The molecule has 0 amide bonds. The lowest BCUT2D eigenvalue weighted by Gasteiger charge is -2.16. The Morgan fingerprint density at radius 2 is 1.96 bits per heavy atom. The minimum atomic E-state index is 0.606. The molecule has 0 unspecified atom stereocenters. The molecule has 0 saturated heterocycles. The predicted molar refractivity (Wildman–Crippen MR) is 97.0 cm³/mol. The summed E-state index contributed by atoms with van der Waals surface area (Å²) in [5.74, 6) is 0.962. The summed E-state index contributed by atoms with van der Waals surface area (Å²) < 4.78 is 5.70. The molecule has 1 aliphatic rings. The lowest BCUT2D eigenvalue weighted by atomic mass is 10.2. The molecule has 1 aromatic carbocycles. The Labute approximate surface area is 140 Å². The molecule has 4 heteroatoms. The summed E-state index contributed by atoms with van der Waals surface area (Å²) in [7, 11) is 0. The van der Waals surface area contributed by atoms with Crippen LogP contribution in [0.1, 0.15) is 44.6 Å². The molecule has 1 fully saturated rings. The fourth-order valence-electron chi connectivity index (χ4n) is 2.88. The highest BCUT2D eigenvalue weighted by Crippen LogP contribution is 2.17. The molecule has 0 aromatic heterocycles. The molecule has 1 saturated carbocycles. The Morgan fingerprint density at radius 1 is 1.17 bits per heavy atom. The van der Waals surface area contributed by atoms with Gasteiger partial charge in [-0.3, -0.25) is 4.99 Å². The number of nitrogens with one attached hydrogen (secondary N) is 2. The summed E-state index contributed by atoms with van der Waals surface area (Å²) >= 11 is 0. The number of nitrogens with zero attached hydrogens (tertiary/aromatic N) is 1. The minimum Gasteiger partial charge on any atom is -0.381 e. The van der Waals surface area contributed by atoms with Crippen LogP contribution >= 0.6 is 0 Å². The summed E-state index contributed by atoms with van der Waals surface area (Å²) in [4.78, 5) is 4.65. The number of hydrogen-bond acceptors (Lipinski definition) is 2. The minimum absolute atomic E-state index is 0.606. The van der Waals surface area contributed by atoms with Crippen molar-refractivity contribution in [2.45, 2.75) is 51.5 Å². The van der Waals surface area contributed by atoms with Crippen molar-refractivity contribution >= 4 is 5.96 Å². The molecule has 2 rings (SSSR count). The summed E-state index contributed by atoms with van der Waals surface area (Å²) in [6, 6.07) is 11.1. The first-order valence-electron chi connectivity index (χ1n) is 9.05. The van der Waals surface area contributed by atoms with Crippen LogP contribution in [-0.4, -0.2) is 38.3 Å². The van der Waals surface area contributed by atoms with Crippen molar-refractivity contribution in [3.8, 4) is 0 Å². The Balaban J connectivity index is 1.56. The molecule has 1 aliphatic carbocycles. The van der Waals surface area contributed by atoms with Crippen molar-refractivity contribution in [1.82, 2.24) is 10.6 Å². The number of rotatable bonds is 9. The molecule has 0 aliphatic heterocycles. The van der Waals surface area contributed by atoms with Gasteiger partial charge >= 0.3 is 0 Å². The van der Waals surface area contributed by atoms with E-state index in [0.29, 0.717) is 6.04 Å². The maximum atomic E-state index is 5.70. The molecule has 2 N–H and O–H groups in total. The standard InChI is InChI=1S/C19H31N3O/c1-2-20-19(22-18-11-6-7-12-18)21-14-8-15-23-16-13-17-9-4-3-5-10-17/h3-5,9-10,18H,2,6-8,11-16H2,1H3,(H2,20,21,22). The lowest BCUT2D eigenvalue weighted by molar-refractivity contribution is 0.136. The molecule has 0 radical (unpaired) electrons. The van der Waals surface area contributed by atoms with Gasteiger partial charge in [0.05, 0.1) is 6.61 Å². The Morgan fingerprint density at radius 3 is 2.70 bits per heavy atom. The highest BCUT2D eigenvalue weighted by atomic mass is 16.5. The van der Waals surface area contributed by atoms with Gasteiger partial charge in [0.1, 0.15) is 0 Å². The SMILES string of the molecule is CCNC(=NCCCOCCc1ccccc1)NC1CCCC1. The summed E-state index contributed by atoms with van der Waals surface area (Å²) in [6.07, 6.45) is 7.17. The number of hydrogen-bond donors (Lipinski definition) is 2. The van der Waals surface area contributed by atoms with Gasteiger partial charge in [0.2, 0.25) is 0 Å². The first-order chi connectivity index (χ1) is 11.4. The predicted octanol–water partition coefficient (Wildman–Crippen LogP) is 3.13. The van der Waals surface area contributed by atoms with E-state index in [-0.39, 0.29) is 0 Å². The fourth-order valence-corrected chi connectivity index (χ4v) is 2.88. The Kier molecular flexibility index (Phi) is 8.56. The van der Waals surface area contributed by atoms with E-state index in [9.17, 15) is 0 Å². The third-order valence-electron chi connectivity index (χ3n) is 4.13. The van der Waals surface area contributed by atoms with E-state index in [1.807, 2.05) is 6.07 Å². The molecule has 0 bridgehead atoms. The number of benzene rings is 1. The fraction of sp³-hybridized carbons (Fsp3) is 0.632. The van der Waals surface area contributed by atoms with E-state index < -0.39 is 0 Å². The maximum absolute atomic E-state index is 5.70. The molecule has 0 spiro atoms. The first-order valence-corrected chi connectivity index (χ1v) is 9.05. The Hall–Kier alpha value is -1.55. The average molecular weight is 317 g/mol. The number of guanidine groups is 1. The van der Waals surface area contributed by atoms with E-state index in [1.54, 1.807) is 0 Å². The molecule has 4 nitrogen and oxygen atoms in total. The smallest absolute Gasteiger partial charge is 0.191 e. The second-order valence-electron chi connectivity index (χ2n) is 6.09. The van der Waals surface area contributed by atoms with Gasteiger partial charge < -0.3 is 15.4 Å². The van der Waals surface area contributed by atoms with Crippen molar-refractivity contribution in [2.24, 2.45) is 4.99 Å². The normalized spacial score (nSPS) is 15.8. The van der Waals surface area contributed by atoms with E-state index in [0.717, 1.165) is 45.1 Å². The van der Waals surface area contributed by atoms with Crippen LogP contribution in [0.4, 0.5) is 0 Å². The van der Waals surface area contributed by atoms with Gasteiger partial charge in [-0.2, -0.15) is 0 Å². The molecule has 23 heavy (non-hydrogen) atoms. The van der Waals surface area contributed by atoms with Gasteiger partial charge in [-0.05, 0) is 38.2 Å². The highest BCUT2D eigenvalue weighted by molar-refractivity contribution is 5.80. The third-order valence-corrected chi connectivity index (χ3v) is 4.13. The quantitative estimate of drug-likeness (QED) is 0.418. The van der Waals surface area contributed by atoms with Gasteiger partial charge in [-0.1, -0.05) is 43.2 Å². The van der Waals surface area contributed by atoms with Crippen LogP contribution in [0.5, 0.6) is 0 Å². The van der Waals surface area contributed by atoms with Crippen molar-refractivity contribution in [1.29, 1.82) is 0 Å². The summed E-state index contributed by atoms with van der Waals surface area (Å²) in [5, 5.41) is 6.87. The lowest BCUT2D eigenvalue weighted by Crippen LogP contribution is -2.42. The summed E-state index contributed by atoms with van der Waals surface area (Å²) in [6.45, 7) is 5.39. The van der Waals surface area contributed by atoms with E-state index >= 15 is 0 Å². The third kappa shape index (κ3) is 7.51. The average Bonchev–Trinajstić information content (AvgIpc) is 3.08. The van der Waals surface area contributed by atoms with Crippen molar-refractivity contribution < 1.29 is 4.74 Å². The molecular formula is C19H31N3O.